The average Bonchev–Trinajstić information content (AvgIpc) is 1.71. The Labute approximate surface area is 921 Å². The maximum absolute atomic E-state index is 7.06. The van der Waals surface area contributed by atoms with Crippen molar-refractivity contribution in [2.24, 2.45) is 41.4 Å². The highest BCUT2D eigenvalue weighted by molar-refractivity contribution is 9.33. The maximum Gasteiger partial charge on any atom is 0.505 e. The van der Waals surface area contributed by atoms with Crippen molar-refractivity contribution in [1.29, 1.82) is 0 Å². The minimum Gasteiger partial charge on any atom is -0.374 e. The summed E-state index contributed by atoms with van der Waals surface area (Å²) in [6, 6.07) is 0. The molecule has 12 aliphatic carbocycles. The zero-order valence-electron chi connectivity index (χ0n) is 85.0. The summed E-state index contributed by atoms with van der Waals surface area (Å²) in [7, 11) is 31.9. The molecule has 0 heterocycles. The minimum atomic E-state index is -3.18. The van der Waals surface area contributed by atoms with Crippen LogP contribution in [0.3, 0.4) is 0 Å². The van der Waals surface area contributed by atoms with Gasteiger partial charge in [0.2, 0.25) is 0 Å². The van der Waals surface area contributed by atoms with E-state index < -0.39 is 65.1 Å². The predicted octanol–water partition coefficient (Wildman–Crippen LogP) is 35.2. The molecule has 136 heavy (non-hydrogen) atoms. The van der Waals surface area contributed by atoms with E-state index in [2.05, 4.69) is 393 Å². The molecule has 12 aliphatic rings. The van der Waals surface area contributed by atoms with Crippen molar-refractivity contribution in [2.45, 2.75) is 393 Å². The second-order valence-electron chi connectivity index (χ2n) is 38.4. The molecule has 12 rings (SSSR count). The fourth-order valence-electron chi connectivity index (χ4n) is 25.7. The Morgan fingerprint density at radius 2 is 0.412 bits per heavy atom. The molecule has 0 aromatic heterocycles. The Bertz CT molecular complexity index is 3200. The van der Waals surface area contributed by atoms with Gasteiger partial charge in [-0.05, 0) is 490 Å². The van der Waals surface area contributed by atoms with Gasteiger partial charge in [-0.2, -0.15) is 0 Å². The van der Waals surface area contributed by atoms with Crippen LogP contribution in [0.25, 0.3) is 0 Å². The van der Waals surface area contributed by atoms with Crippen LogP contribution in [0.1, 0.15) is 319 Å². The van der Waals surface area contributed by atoms with Crippen LogP contribution < -0.4 is 0 Å². The third-order valence-electron chi connectivity index (χ3n) is 31.0. The average molecular weight is 2450 g/mol. The molecule has 0 saturated heterocycles. The van der Waals surface area contributed by atoms with Gasteiger partial charge in [0.15, 0.2) is 3.41 Å². The number of fused-ring (bicyclic) bond motifs is 12. The fraction of sp³-hybridized carbons (Fsp3) is 1.00. The molecule has 0 spiro atoms. The Balaban J connectivity index is 1.05. The van der Waals surface area contributed by atoms with E-state index in [1.54, 1.807) is 0 Å². The van der Waals surface area contributed by atoms with Gasteiger partial charge in [0.1, 0.15) is 4.08 Å². The van der Waals surface area contributed by atoms with E-state index in [0.717, 1.165) is 135 Å². The first-order valence-corrected chi connectivity index (χ1v) is 91.2. The van der Waals surface area contributed by atoms with Gasteiger partial charge < -0.3 is 79.7 Å². The Kier molecular flexibility index (Phi) is 52.8. The lowest BCUT2D eigenvalue weighted by atomic mass is 9.96. The number of hydrogen-bond acceptors (Lipinski definition) is 42. The highest BCUT2D eigenvalue weighted by Gasteiger charge is 2.74. The SMILES string of the molecule is CCO[Si](OCC)(OCC)C1CC2CCC1(SSSSC(CCC(C)CC)(SSSSC13CCC(CC1[Si](OCC)(OCC)OCC)C3)C(C)(SSSSC13CCC(CC1[Si](OCC)(OCC)OCC)C3)C(SSSSC13CCC(CC1[Si](OCC)(OCC)OCC)C3)(SSSSC13CCC(CC1[Si](OCC)(OCC)OCC)C3)SSSSC13CCC(CC1[Si](OCC)(OCC)OCC)C3)C2. The molecule has 0 aromatic carbocycles. The van der Waals surface area contributed by atoms with Gasteiger partial charge in [-0.1, -0.05) is 117 Å². The van der Waals surface area contributed by atoms with Gasteiger partial charge in [0.05, 0.1) is 4.75 Å². The zero-order chi connectivity index (χ0) is 97.5. The minimum absolute atomic E-state index is 0.0605. The molecule has 20 unspecified atom stereocenters. The Morgan fingerprint density at radius 3 is 0.574 bits per heavy atom. The summed E-state index contributed by atoms with van der Waals surface area (Å²) in [5, 5.41) is 0. The lowest BCUT2D eigenvalue weighted by Gasteiger charge is -2.54. The van der Waals surface area contributed by atoms with Crippen LogP contribution in [-0.2, 0) is 79.7 Å². The van der Waals surface area contributed by atoms with E-state index in [-0.39, 0.29) is 61.7 Å². The largest absolute Gasteiger partial charge is 0.505 e. The van der Waals surface area contributed by atoms with Crippen molar-refractivity contribution < 1.29 is 79.7 Å². The van der Waals surface area contributed by atoms with Gasteiger partial charge in [0, 0.05) is 181 Å². The summed E-state index contributed by atoms with van der Waals surface area (Å²) >= 11 is 0. The van der Waals surface area contributed by atoms with Crippen LogP contribution in [-0.4, -0.2) is 212 Å². The van der Waals surface area contributed by atoms with E-state index in [4.69, 9.17) is 79.7 Å². The van der Waals surface area contributed by atoms with Crippen LogP contribution in [0, 0.1) is 41.4 Å². The molecule has 0 aromatic rings. The van der Waals surface area contributed by atoms with Crippen molar-refractivity contribution in [3.8, 4) is 0 Å². The highest BCUT2D eigenvalue weighted by Crippen LogP contribution is 2.85. The quantitative estimate of drug-likeness (QED) is 0.0244. The van der Waals surface area contributed by atoms with Gasteiger partial charge >= 0.3 is 52.8 Å². The topological polar surface area (TPSA) is 166 Å². The van der Waals surface area contributed by atoms with E-state index in [1.807, 2.05) is 0 Å². The summed E-state index contributed by atoms with van der Waals surface area (Å²) in [5.41, 5.74) is 1.17. The van der Waals surface area contributed by atoms with E-state index in [9.17, 15) is 0 Å². The molecule has 0 aliphatic heterocycles. The van der Waals surface area contributed by atoms with Gasteiger partial charge in [-0.15, -0.1) is 0 Å². The summed E-state index contributed by atoms with van der Waals surface area (Å²) in [4.78, 5) is 0. The van der Waals surface area contributed by atoms with E-state index in [1.165, 1.54) is 38.5 Å². The summed E-state index contributed by atoms with van der Waals surface area (Å²) in [6.45, 7) is 56.7. The highest BCUT2D eigenvalue weighted by atomic mass is 33.7. The van der Waals surface area contributed by atoms with Crippen LogP contribution in [0.2, 0.25) is 33.2 Å². The molecule has 0 amide bonds. The molecular formula is C88H166O18S24Si6. The van der Waals surface area contributed by atoms with Crippen molar-refractivity contribution in [1.82, 2.24) is 0 Å². The lowest BCUT2D eigenvalue weighted by Crippen LogP contribution is -2.55. The Hall–Kier alpha value is 8.98. The molecule has 20 atom stereocenters. The van der Waals surface area contributed by atoms with Crippen molar-refractivity contribution in [3.63, 3.8) is 0 Å². The van der Waals surface area contributed by atoms with Crippen LogP contribution in [0.5, 0.6) is 0 Å². The second-order valence-corrected chi connectivity index (χ2v) is 94.2. The molecule has 0 N–H and O–H groups in total. The normalized spacial score (nSPS) is 32.9. The molecular weight excluding hydrogens is 2280 g/mol. The first-order valence-electron chi connectivity index (χ1n) is 51.5. The fourth-order valence-corrected chi connectivity index (χ4v) is 113. The van der Waals surface area contributed by atoms with Crippen molar-refractivity contribution in [3.05, 3.63) is 0 Å². The first kappa shape index (κ1) is 124. The molecule has 0 radical (unpaired) electrons. The van der Waals surface area contributed by atoms with E-state index in [0.29, 0.717) is 160 Å². The monoisotopic (exact) mass is 2450 g/mol. The third-order valence-corrected chi connectivity index (χ3v) is 105. The van der Waals surface area contributed by atoms with Crippen molar-refractivity contribution in [2.75, 3.05) is 119 Å². The second kappa shape index (κ2) is 58.2. The predicted molar refractivity (Wildman–Crippen MR) is 639 cm³/mol. The van der Waals surface area contributed by atoms with Crippen LogP contribution in [0.15, 0.2) is 0 Å². The lowest BCUT2D eigenvalue weighted by molar-refractivity contribution is 0.0553. The molecule has 794 valence electrons. The molecule has 18 nitrogen and oxygen atoms in total. The Morgan fingerprint density at radius 1 is 0.243 bits per heavy atom. The zero-order valence-corrected chi connectivity index (χ0v) is 111. The van der Waals surface area contributed by atoms with E-state index >= 15 is 0 Å². The smallest absolute Gasteiger partial charge is 0.374 e. The third kappa shape index (κ3) is 27.6. The molecule has 12 bridgehead atoms. The standard InChI is InChI=1S/C88H166O18S24Si6/c1-22-67(20)41-54-87(114-126-121-109-82-49-43-69(62-82)56-75(82)132(92-26-5,93-27-6)94-28-7,115-127-122-110-83-50-44-70(63-83)57-76(83)133(95-29-8,96-30-9)97-31-10)80(21,107-119-120-108-81-48-42-68(61-81)55-74(81)131(89-23-2,90-24-3)91-25-4)88(116-128-123-111-84-51-45-71(64-84)58-77(84)134(98-32-11,99-33-12)100-34-13,117-129-124-112-85-52-46-72(65-85)59-78(85)135(101-35-14,102-36-15)103-37-16)118-130-125-113-86-53-47-73(66-86)60-79(86)136(104-38-17,105-39-18)106-40-19/h67-79H,22-66H2,1-21H3. The van der Waals surface area contributed by atoms with Crippen molar-refractivity contribution >= 4 is 300 Å². The first-order chi connectivity index (χ1) is 65.8. The molecule has 48 heteroatoms. The van der Waals surface area contributed by atoms with Gasteiger partial charge in [-0.25, -0.2) is 0 Å². The summed E-state index contributed by atoms with van der Waals surface area (Å²) < 4.78 is 125. The number of hydrogen-bond donors (Lipinski definition) is 0. The van der Waals surface area contributed by atoms with Crippen LogP contribution in [0.4, 0.5) is 0 Å². The molecule has 12 saturated carbocycles. The maximum atomic E-state index is 7.06. The van der Waals surface area contributed by atoms with Gasteiger partial charge in [0.25, 0.3) is 0 Å². The summed E-state index contributed by atoms with van der Waals surface area (Å²) in [6.07, 6.45) is 30.7. The molecule has 12 fully saturated rings. The van der Waals surface area contributed by atoms with Crippen LogP contribution >= 0.6 is 247 Å². The number of rotatable bonds is 78. The summed E-state index contributed by atoms with van der Waals surface area (Å²) in [5.74, 6) is 4.12. The van der Waals surface area contributed by atoms with Gasteiger partial charge in [-0.3, -0.25) is 0 Å².